The number of nitrogens with one attached hydrogen (secondary N) is 1. The lowest BCUT2D eigenvalue weighted by atomic mass is 9.75. The van der Waals surface area contributed by atoms with E-state index in [1.165, 1.54) is 12.8 Å². The van der Waals surface area contributed by atoms with Gasteiger partial charge in [0.1, 0.15) is 5.82 Å². The minimum Gasteiger partial charge on any atom is -0.319 e. The molecule has 0 spiro atoms. The Morgan fingerprint density at radius 3 is 2.63 bits per heavy atom. The Morgan fingerprint density at radius 1 is 1.32 bits per heavy atom. The zero-order valence-corrected chi connectivity index (χ0v) is 13.8. The van der Waals surface area contributed by atoms with E-state index in [2.05, 4.69) is 35.1 Å². The molecule has 1 rings (SSSR count). The topological polar surface area (TPSA) is 12.0 Å². The maximum atomic E-state index is 14.0. The Kier molecular flexibility index (Phi) is 7.01. The van der Waals surface area contributed by atoms with Gasteiger partial charge in [-0.25, -0.2) is 4.39 Å². The van der Waals surface area contributed by atoms with E-state index in [9.17, 15) is 4.39 Å². The number of rotatable bonds is 8. The van der Waals surface area contributed by atoms with Crippen molar-refractivity contribution in [2.75, 3.05) is 13.6 Å². The van der Waals surface area contributed by atoms with Crippen LogP contribution in [0.2, 0.25) is 0 Å². The van der Waals surface area contributed by atoms with Gasteiger partial charge in [-0.15, -0.1) is 0 Å². The molecule has 0 aliphatic rings. The summed E-state index contributed by atoms with van der Waals surface area (Å²) in [4.78, 5) is 0. The predicted molar refractivity (Wildman–Crippen MR) is 84.0 cm³/mol. The minimum atomic E-state index is -0.0892. The SMILES string of the molecule is CCCCC(CC)(CNC)Cc1cc(Br)ccc1F. The van der Waals surface area contributed by atoms with E-state index in [0.717, 1.165) is 35.8 Å². The molecule has 3 heteroatoms. The van der Waals surface area contributed by atoms with Crippen LogP contribution in [0.25, 0.3) is 0 Å². The zero-order chi connectivity index (χ0) is 14.3. The van der Waals surface area contributed by atoms with Gasteiger partial charge >= 0.3 is 0 Å². The molecule has 0 saturated carbocycles. The summed E-state index contributed by atoms with van der Waals surface area (Å²) >= 11 is 3.44. The van der Waals surface area contributed by atoms with E-state index in [-0.39, 0.29) is 11.2 Å². The van der Waals surface area contributed by atoms with Gasteiger partial charge in [0.15, 0.2) is 0 Å². The van der Waals surface area contributed by atoms with E-state index in [1.807, 2.05) is 13.1 Å². The average Bonchev–Trinajstić information content (AvgIpc) is 2.40. The molecule has 1 N–H and O–H groups in total. The molecule has 0 radical (unpaired) electrons. The molecule has 0 aliphatic carbocycles. The molecule has 0 amide bonds. The summed E-state index contributed by atoms with van der Waals surface area (Å²) < 4.78 is 14.9. The molecule has 0 aliphatic heterocycles. The van der Waals surface area contributed by atoms with Gasteiger partial charge in [-0.05, 0) is 55.5 Å². The first-order chi connectivity index (χ1) is 9.06. The molecule has 1 aromatic rings. The summed E-state index contributed by atoms with van der Waals surface area (Å²) in [6.07, 6.45) is 5.40. The molecule has 0 aromatic heterocycles. The third kappa shape index (κ3) is 4.88. The van der Waals surface area contributed by atoms with Crippen LogP contribution in [-0.2, 0) is 6.42 Å². The van der Waals surface area contributed by atoms with E-state index in [0.29, 0.717) is 0 Å². The van der Waals surface area contributed by atoms with Gasteiger partial charge in [0, 0.05) is 11.0 Å². The summed E-state index contributed by atoms with van der Waals surface area (Å²) in [5.74, 6) is -0.0892. The summed E-state index contributed by atoms with van der Waals surface area (Å²) in [6.45, 7) is 5.36. The highest BCUT2D eigenvalue weighted by molar-refractivity contribution is 9.10. The second-order valence-corrected chi connectivity index (χ2v) is 6.32. The van der Waals surface area contributed by atoms with E-state index >= 15 is 0 Å². The molecule has 1 unspecified atom stereocenters. The number of hydrogen-bond acceptors (Lipinski definition) is 1. The van der Waals surface area contributed by atoms with Crippen LogP contribution < -0.4 is 5.32 Å². The van der Waals surface area contributed by atoms with Crippen LogP contribution in [0.5, 0.6) is 0 Å². The fraction of sp³-hybridized carbons (Fsp3) is 0.625. The molecule has 0 heterocycles. The Bertz CT molecular complexity index is 394. The fourth-order valence-corrected chi connectivity index (χ4v) is 3.08. The largest absolute Gasteiger partial charge is 0.319 e. The van der Waals surface area contributed by atoms with Crippen molar-refractivity contribution in [3.8, 4) is 0 Å². The van der Waals surface area contributed by atoms with Crippen LogP contribution in [0.1, 0.15) is 45.1 Å². The molecule has 0 fully saturated rings. The van der Waals surface area contributed by atoms with Crippen molar-refractivity contribution in [3.63, 3.8) is 0 Å². The Hall–Kier alpha value is -0.410. The highest BCUT2D eigenvalue weighted by atomic mass is 79.9. The van der Waals surface area contributed by atoms with E-state index in [1.54, 1.807) is 12.1 Å². The summed E-state index contributed by atoms with van der Waals surface area (Å²) in [5.41, 5.74) is 0.981. The maximum absolute atomic E-state index is 14.0. The minimum absolute atomic E-state index is 0.0892. The smallest absolute Gasteiger partial charge is 0.126 e. The average molecular weight is 330 g/mol. The van der Waals surface area contributed by atoms with Crippen molar-refractivity contribution in [3.05, 3.63) is 34.1 Å². The summed E-state index contributed by atoms with van der Waals surface area (Å²) in [7, 11) is 1.98. The molecule has 0 saturated heterocycles. The third-order valence-corrected chi connectivity index (χ3v) is 4.43. The van der Waals surface area contributed by atoms with Crippen LogP contribution in [0.4, 0.5) is 4.39 Å². The summed E-state index contributed by atoms with van der Waals surface area (Å²) in [6, 6.07) is 5.23. The van der Waals surface area contributed by atoms with Gasteiger partial charge in [0.05, 0.1) is 0 Å². The van der Waals surface area contributed by atoms with Crippen molar-refractivity contribution in [2.45, 2.75) is 46.0 Å². The highest BCUT2D eigenvalue weighted by Crippen LogP contribution is 2.34. The number of unbranched alkanes of at least 4 members (excludes halogenated alkanes) is 1. The van der Waals surface area contributed by atoms with Crippen LogP contribution >= 0.6 is 15.9 Å². The fourth-order valence-electron chi connectivity index (χ4n) is 2.68. The lowest BCUT2D eigenvalue weighted by Gasteiger charge is -2.33. The van der Waals surface area contributed by atoms with Gasteiger partial charge in [0.25, 0.3) is 0 Å². The first-order valence-corrected chi connectivity index (χ1v) is 7.94. The lowest BCUT2D eigenvalue weighted by molar-refractivity contribution is 0.232. The molecule has 1 nitrogen and oxygen atoms in total. The molecule has 19 heavy (non-hydrogen) atoms. The second-order valence-electron chi connectivity index (χ2n) is 5.40. The van der Waals surface area contributed by atoms with Gasteiger partial charge < -0.3 is 5.32 Å². The lowest BCUT2D eigenvalue weighted by Crippen LogP contribution is -2.34. The first kappa shape index (κ1) is 16.6. The van der Waals surface area contributed by atoms with Crippen LogP contribution in [0, 0.1) is 11.2 Å². The Labute approximate surface area is 125 Å². The normalized spacial score (nSPS) is 14.4. The molecular formula is C16H25BrFN. The van der Waals surface area contributed by atoms with Crippen LogP contribution in [0.15, 0.2) is 22.7 Å². The molecular weight excluding hydrogens is 305 g/mol. The molecule has 1 aromatic carbocycles. The number of benzene rings is 1. The van der Waals surface area contributed by atoms with Gasteiger partial charge in [-0.3, -0.25) is 0 Å². The van der Waals surface area contributed by atoms with Crippen molar-refractivity contribution >= 4 is 15.9 Å². The monoisotopic (exact) mass is 329 g/mol. The van der Waals surface area contributed by atoms with Gasteiger partial charge in [-0.2, -0.15) is 0 Å². The van der Waals surface area contributed by atoms with Gasteiger partial charge in [-0.1, -0.05) is 42.6 Å². The first-order valence-electron chi connectivity index (χ1n) is 7.15. The maximum Gasteiger partial charge on any atom is 0.126 e. The van der Waals surface area contributed by atoms with Crippen molar-refractivity contribution in [1.82, 2.24) is 5.32 Å². The predicted octanol–water partition coefficient (Wildman–Crippen LogP) is 4.94. The zero-order valence-electron chi connectivity index (χ0n) is 12.2. The Balaban J connectivity index is 2.94. The van der Waals surface area contributed by atoms with Crippen LogP contribution in [0.3, 0.4) is 0 Å². The van der Waals surface area contributed by atoms with Crippen molar-refractivity contribution in [1.29, 1.82) is 0 Å². The van der Waals surface area contributed by atoms with Crippen LogP contribution in [-0.4, -0.2) is 13.6 Å². The quantitative estimate of drug-likeness (QED) is 0.712. The molecule has 108 valence electrons. The summed E-state index contributed by atoms with van der Waals surface area (Å²) in [5, 5.41) is 3.29. The van der Waals surface area contributed by atoms with E-state index < -0.39 is 0 Å². The van der Waals surface area contributed by atoms with Crippen molar-refractivity contribution in [2.24, 2.45) is 5.41 Å². The Morgan fingerprint density at radius 2 is 2.05 bits per heavy atom. The van der Waals surface area contributed by atoms with Gasteiger partial charge in [0.2, 0.25) is 0 Å². The standard InChI is InChI=1S/C16H25BrFN/c1-4-6-9-16(5-2,12-19-3)11-13-10-14(17)7-8-15(13)18/h7-8,10,19H,4-6,9,11-12H2,1-3H3. The van der Waals surface area contributed by atoms with E-state index in [4.69, 9.17) is 0 Å². The third-order valence-electron chi connectivity index (χ3n) is 3.94. The second kappa shape index (κ2) is 8.01. The molecule has 0 bridgehead atoms. The molecule has 1 atom stereocenters. The highest BCUT2D eigenvalue weighted by Gasteiger charge is 2.28. The van der Waals surface area contributed by atoms with Crippen molar-refractivity contribution < 1.29 is 4.39 Å². The number of halogens is 2. The number of hydrogen-bond donors (Lipinski definition) is 1.